The number of nitrogen functional groups attached to an aromatic ring is 1. The van der Waals surface area contributed by atoms with Crippen LogP contribution in [0.2, 0.25) is 5.02 Å². The third-order valence-corrected chi connectivity index (χ3v) is 4.99. The second-order valence-corrected chi connectivity index (χ2v) is 6.70. The molecule has 7 heteroatoms. The fraction of sp³-hybridized carbons (Fsp3) is 0.0952. The number of nitriles is 1. The van der Waals surface area contributed by atoms with E-state index in [4.69, 9.17) is 21.8 Å². The number of rotatable bonds is 3. The van der Waals surface area contributed by atoms with Crippen LogP contribution in [0.1, 0.15) is 16.7 Å². The zero-order valence-electron chi connectivity index (χ0n) is 14.9. The number of halogens is 1. The number of aliphatic hydroxyl groups is 1. The van der Waals surface area contributed by atoms with Crippen molar-refractivity contribution in [3.8, 4) is 28.8 Å². The largest absolute Gasteiger partial charge is 0.435 e. The molecule has 6 nitrogen and oxygen atoms in total. The average Bonchev–Trinajstić information content (AvgIpc) is 3.13. The lowest BCUT2D eigenvalue weighted by Gasteiger charge is -2.10. The number of anilines is 1. The maximum Gasteiger partial charge on any atom is 0.229 e. The van der Waals surface area contributed by atoms with E-state index in [9.17, 15) is 10.4 Å². The summed E-state index contributed by atoms with van der Waals surface area (Å²) in [6.07, 6.45) is 1.62. The molecular weight excluding hydrogens is 376 g/mol. The molecule has 28 heavy (non-hydrogen) atoms. The highest BCUT2D eigenvalue weighted by molar-refractivity contribution is 6.35. The van der Waals surface area contributed by atoms with Crippen LogP contribution in [0.4, 0.5) is 5.69 Å². The molecule has 4 aromatic rings. The number of nitrogens with zero attached hydrogens (tertiary/aromatic N) is 3. The number of benzene rings is 2. The second kappa shape index (κ2) is 6.97. The standard InChI is InChI=1S/C21H15ClN4O2/c1-11-14(3-2-4-16(11)24)19-18(22)15(5-6-25-19)21-26-17-8-12(10-27)7-13(9-23)20(17)28-21/h2-8,27H,10,24H2,1H3. The molecule has 0 saturated heterocycles. The first-order chi connectivity index (χ1) is 13.5. The molecule has 0 amide bonds. The zero-order chi connectivity index (χ0) is 19.8. The van der Waals surface area contributed by atoms with Gasteiger partial charge in [-0.15, -0.1) is 0 Å². The zero-order valence-corrected chi connectivity index (χ0v) is 15.7. The first-order valence-electron chi connectivity index (χ1n) is 8.48. The Balaban J connectivity index is 1.91. The highest BCUT2D eigenvalue weighted by atomic mass is 35.5. The Morgan fingerprint density at radius 2 is 2.07 bits per heavy atom. The summed E-state index contributed by atoms with van der Waals surface area (Å²) in [7, 11) is 0. The number of aromatic nitrogens is 2. The third kappa shape index (κ3) is 2.87. The van der Waals surface area contributed by atoms with Crippen molar-refractivity contribution in [2.45, 2.75) is 13.5 Å². The first-order valence-corrected chi connectivity index (χ1v) is 8.86. The van der Waals surface area contributed by atoms with Gasteiger partial charge in [0.2, 0.25) is 5.89 Å². The lowest BCUT2D eigenvalue weighted by atomic mass is 10.0. The minimum absolute atomic E-state index is 0.193. The van der Waals surface area contributed by atoms with Crippen LogP contribution in [-0.4, -0.2) is 15.1 Å². The van der Waals surface area contributed by atoms with E-state index in [1.807, 2.05) is 25.1 Å². The fourth-order valence-electron chi connectivity index (χ4n) is 3.09. The SMILES string of the molecule is Cc1c(N)cccc1-c1nccc(-c2nc3cc(CO)cc(C#N)c3o2)c1Cl. The molecule has 2 aromatic carbocycles. The quantitative estimate of drug-likeness (QED) is 0.499. The van der Waals surface area contributed by atoms with Gasteiger partial charge in [-0.05, 0) is 42.3 Å². The van der Waals surface area contributed by atoms with Crippen LogP contribution < -0.4 is 5.73 Å². The van der Waals surface area contributed by atoms with Crippen LogP contribution in [0.3, 0.4) is 0 Å². The smallest absolute Gasteiger partial charge is 0.229 e. The Labute approximate surface area is 165 Å². The third-order valence-electron chi connectivity index (χ3n) is 4.60. The van der Waals surface area contributed by atoms with Crippen LogP contribution in [0, 0.1) is 18.3 Å². The molecule has 0 bridgehead atoms. The van der Waals surface area contributed by atoms with Crippen LogP contribution in [0.15, 0.2) is 47.0 Å². The summed E-state index contributed by atoms with van der Waals surface area (Å²) < 4.78 is 5.85. The van der Waals surface area contributed by atoms with Crippen molar-refractivity contribution in [2.24, 2.45) is 0 Å². The van der Waals surface area contributed by atoms with Crippen LogP contribution in [0.5, 0.6) is 0 Å². The van der Waals surface area contributed by atoms with Gasteiger partial charge in [0.25, 0.3) is 0 Å². The highest BCUT2D eigenvalue weighted by Gasteiger charge is 2.19. The molecule has 0 saturated carbocycles. The van der Waals surface area contributed by atoms with Gasteiger partial charge in [-0.25, -0.2) is 4.98 Å². The number of aliphatic hydroxyl groups excluding tert-OH is 1. The molecule has 0 radical (unpaired) electrons. The number of pyridine rings is 1. The average molecular weight is 391 g/mol. The maximum absolute atomic E-state index is 9.39. The van der Waals surface area contributed by atoms with Gasteiger partial charge in [0.1, 0.15) is 11.6 Å². The molecule has 0 spiro atoms. The van der Waals surface area contributed by atoms with E-state index in [-0.39, 0.29) is 12.5 Å². The van der Waals surface area contributed by atoms with E-state index < -0.39 is 0 Å². The number of nitrogens with two attached hydrogens (primary N) is 1. The normalized spacial score (nSPS) is 10.9. The Morgan fingerprint density at radius 3 is 2.82 bits per heavy atom. The summed E-state index contributed by atoms with van der Waals surface area (Å²) in [5.41, 5.74) is 11.2. The lowest BCUT2D eigenvalue weighted by molar-refractivity contribution is 0.282. The van der Waals surface area contributed by atoms with Gasteiger partial charge >= 0.3 is 0 Å². The molecule has 0 aliphatic carbocycles. The van der Waals surface area contributed by atoms with E-state index in [0.29, 0.717) is 44.2 Å². The molecule has 2 aromatic heterocycles. The fourth-order valence-corrected chi connectivity index (χ4v) is 3.38. The maximum atomic E-state index is 9.39. The van der Waals surface area contributed by atoms with Crippen LogP contribution in [-0.2, 0) is 6.61 Å². The Kier molecular flexibility index (Phi) is 4.47. The van der Waals surface area contributed by atoms with Crippen molar-refractivity contribution >= 4 is 28.4 Å². The summed E-state index contributed by atoms with van der Waals surface area (Å²) in [4.78, 5) is 8.88. The topological polar surface area (TPSA) is 109 Å². The van der Waals surface area contributed by atoms with E-state index >= 15 is 0 Å². The van der Waals surface area contributed by atoms with E-state index in [1.54, 1.807) is 24.4 Å². The summed E-state index contributed by atoms with van der Waals surface area (Å²) in [6, 6.07) is 12.6. The van der Waals surface area contributed by atoms with Gasteiger partial charge in [-0.2, -0.15) is 5.26 Å². The molecule has 3 N–H and O–H groups in total. The van der Waals surface area contributed by atoms with E-state index in [0.717, 1.165) is 11.1 Å². The summed E-state index contributed by atoms with van der Waals surface area (Å²) >= 11 is 6.65. The van der Waals surface area contributed by atoms with Gasteiger partial charge in [0.05, 0.1) is 28.5 Å². The second-order valence-electron chi connectivity index (χ2n) is 6.32. The Morgan fingerprint density at radius 1 is 1.25 bits per heavy atom. The predicted molar refractivity (Wildman–Crippen MR) is 107 cm³/mol. The number of oxazole rings is 1. The van der Waals surface area contributed by atoms with Gasteiger partial charge in [0.15, 0.2) is 5.58 Å². The van der Waals surface area contributed by atoms with Crippen molar-refractivity contribution in [3.05, 3.63) is 64.3 Å². The van der Waals surface area contributed by atoms with Crippen molar-refractivity contribution < 1.29 is 9.52 Å². The van der Waals surface area contributed by atoms with E-state index in [2.05, 4.69) is 16.0 Å². The molecule has 0 atom stereocenters. The van der Waals surface area contributed by atoms with Crippen LogP contribution >= 0.6 is 11.6 Å². The van der Waals surface area contributed by atoms with Crippen molar-refractivity contribution in [2.75, 3.05) is 5.73 Å². The minimum atomic E-state index is -0.193. The van der Waals surface area contributed by atoms with Crippen LogP contribution in [0.25, 0.3) is 33.8 Å². The van der Waals surface area contributed by atoms with Crippen molar-refractivity contribution in [1.29, 1.82) is 5.26 Å². The molecule has 0 aliphatic rings. The molecule has 0 unspecified atom stereocenters. The Hall–Kier alpha value is -3.40. The number of hydrogen-bond donors (Lipinski definition) is 2. The Bertz CT molecular complexity index is 1260. The molecule has 2 heterocycles. The predicted octanol–water partition coefficient (Wildman–Crippen LogP) is 4.46. The molecule has 0 fully saturated rings. The summed E-state index contributed by atoms with van der Waals surface area (Å²) in [5.74, 6) is 0.275. The summed E-state index contributed by atoms with van der Waals surface area (Å²) in [5, 5.41) is 19.1. The highest BCUT2D eigenvalue weighted by Crippen LogP contribution is 2.38. The van der Waals surface area contributed by atoms with Gasteiger partial charge in [-0.1, -0.05) is 23.7 Å². The molecule has 138 valence electrons. The monoisotopic (exact) mass is 390 g/mol. The van der Waals surface area contributed by atoms with Crippen molar-refractivity contribution in [1.82, 2.24) is 9.97 Å². The van der Waals surface area contributed by atoms with Crippen molar-refractivity contribution in [3.63, 3.8) is 0 Å². The van der Waals surface area contributed by atoms with Gasteiger partial charge in [0, 0.05) is 17.4 Å². The summed E-state index contributed by atoms with van der Waals surface area (Å²) in [6.45, 7) is 1.71. The van der Waals surface area contributed by atoms with Gasteiger partial charge in [-0.3, -0.25) is 4.98 Å². The molecule has 0 aliphatic heterocycles. The molecular formula is C21H15ClN4O2. The van der Waals surface area contributed by atoms with Gasteiger partial charge < -0.3 is 15.3 Å². The minimum Gasteiger partial charge on any atom is -0.435 e. The number of hydrogen-bond acceptors (Lipinski definition) is 6. The van der Waals surface area contributed by atoms with E-state index in [1.165, 1.54) is 0 Å². The lowest BCUT2D eigenvalue weighted by Crippen LogP contribution is -1.95. The molecule has 4 rings (SSSR count). The first kappa shape index (κ1) is 18.0. The number of fused-ring (bicyclic) bond motifs is 1.